The van der Waals surface area contributed by atoms with Crippen molar-refractivity contribution in [1.29, 1.82) is 0 Å². The van der Waals surface area contributed by atoms with Crippen molar-refractivity contribution < 1.29 is 29.6 Å². The van der Waals surface area contributed by atoms with Crippen molar-refractivity contribution in [1.82, 2.24) is 0 Å². The third-order valence-corrected chi connectivity index (χ3v) is 3.11. The Morgan fingerprint density at radius 2 is 1.75 bits per heavy atom. The van der Waals surface area contributed by atoms with Gasteiger partial charge in [0.1, 0.15) is 0 Å². The molecule has 0 bridgehead atoms. The number of aliphatic carboxylic acids is 2. The second kappa shape index (κ2) is 4.80. The second-order valence-electron chi connectivity index (χ2n) is 4.19. The van der Waals surface area contributed by atoms with Crippen LogP contribution in [0.5, 0.6) is 0 Å². The first kappa shape index (κ1) is 12.9. The number of carbonyl (C=O) groups is 2. The van der Waals surface area contributed by atoms with E-state index in [4.69, 9.17) is 14.9 Å². The minimum absolute atomic E-state index is 0.117. The van der Waals surface area contributed by atoms with Crippen molar-refractivity contribution in [2.45, 2.75) is 38.6 Å². The van der Waals surface area contributed by atoms with Crippen molar-refractivity contribution in [2.24, 2.45) is 11.8 Å². The number of ether oxygens (including phenoxy) is 1. The van der Waals surface area contributed by atoms with Crippen LogP contribution in [0.25, 0.3) is 0 Å². The Morgan fingerprint density at radius 3 is 2.06 bits per heavy atom. The normalized spacial score (nSPS) is 34.2. The van der Waals surface area contributed by atoms with Gasteiger partial charge in [-0.3, -0.25) is 9.59 Å². The van der Waals surface area contributed by atoms with E-state index in [2.05, 4.69) is 0 Å². The van der Waals surface area contributed by atoms with Gasteiger partial charge in [0.2, 0.25) is 0 Å². The van der Waals surface area contributed by atoms with Gasteiger partial charge in [0.05, 0.1) is 18.3 Å². The molecule has 92 valence electrons. The summed E-state index contributed by atoms with van der Waals surface area (Å²) in [5, 5.41) is 27.1. The molecule has 1 aliphatic rings. The molecule has 4 atom stereocenters. The molecule has 6 heteroatoms. The molecular weight excluding hydrogens is 216 g/mol. The van der Waals surface area contributed by atoms with Crippen LogP contribution >= 0.6 is 0 Å². The van der Waals surface area contributed by atoms with E-state index in [1.54, 1.807) is 13.8 Å². The molecule has 16 heavy (non-hydrogen) atoms. The molecule has 6 nitrogen and oxygen atoms in total. The molecule has 0 saturated carbocycles. The first-order chi connectivity index (χ1) is 7.34. The van der Waals surface area contributed by atoms with Crippen LogP contribution in [-0.4, -0.2) is 45.6 Å². The molecule has 0 spiro atoms. The lowest BCUT2D eigenvalue weighted by atomic mass is 9.93. The maximum absolute atomic E-state index is 10.7. The summed E-state index contributed by atoms with van der Waals surface area (Å²) in [6.07, 6.45) is -1.93. The minimum Gasteiger partial charge on any atom is -0.481 e. The molecule has 3 N–H and O–H groups in total. The van der Waals surface area contributed by atoms with Crippen molar-refractivity contribution in [3.05, 3.63) is 0 Å². The van der Waals surface area contributed by atoms with Gasteiger partial charge < -0.3 is 20.1 Å². The molecule has 0 aliphatic carbocycles. The minimum atomic E-state index is -1.53. The lowest BCUT2D eigenvalue weighted by Crippen LogP contribution is -2.33. The number of aliphatic hydroxyl groups excluding tert-OH is 1. The molecular formula is C10H16O6. The zero-order valence-electron chi connectivity index (χ0n) is 9.16. The van der Waals surface area contributed by atoms with Gasteiger partial charge in [-0.15, -0.1) is 0 Å². The zero-order valence-corrected chi connectivity index (χ0v) is 9.16. The van der Waals surface area contributed by atoms with Crippen LogP contribution in [0.2, 0.25) is 0 Å². The van der Waals surface area contributed by atoms with E-state index >= 15 is 0 Å². The average molecular weight is 232 g/mol. The Morgan fingerprint density at radius 1 is 1.25 bits per heavy atom. The standard InChI is InChI=1S/C10H16O6/c1-4-5(2)16-7(8(4)11)3-6(9(12)13)10(14)15/h4-8,11H,3H2,1-2H3,(H,12,13)(H,14,15)/t4-,5+,7-,8?/m1/s1. The number of aliphatic hydroxyl groups is 1. The van der Waals surface area contributed by atoms with Crippen LogP contribution in [0, 0.1) is 11.8 Å². The first-order valence-corrected chi connectivity index (χ1v) is 5.13. The van der Waals surface area contributed by atoms with E-state index in [1.807, 2.05) is 0 Å². The Bertz CT molecular complexity index is 275. The van der Waals surface area contributed by atoms with E-state index in [0.29, 0.717) is 0 Å². The van der Waals surface area contributed by atoms with Gasteiger partial charge in [-0.05, 0) is 6.92 Å². The van der Waals surface area contributed by atoms with Gasteiger partial charge in [-0.2, -0.15) is 0 Å². The third-order valence-electron chi connectivity index (χ3n) is 3.11. The smallest absolute Gasteiger partial charge is 0.317 e. The molecule has 0 aromatic carbocycles. The van der Waals surface area contributed by atoms with Crippen LogP contribution < -0.4 is 0 Å². The summed E-state index contributed by atoms with van der Waals surface area (Å²) < 4.78 is 5.34. The number of carboxylic acid groups (broad SMARTS) is 2. The van der Waals surface area contributed by atoms with Gasteiger partial charge in [0.25, 0.3) is 0 Å². The number of rotatable bonds is 4. The number of carboxylic acids is 2. The van der Waals surface area contributed by atoms with Gasteiger partial charge in [0.15, 0.2) is 5.92 Å². The molecule has 0 aromatic rings. The molecule has 1 rings (SSSR count). The molecule has 0 amide bonds. The van der Waals surface area contributed by atoms with Crippen LogP contribution in [0.1, 0.15) is 20.3 Å². The summed E-state index contributed by atoms with van der Waals surface area (Å²) in [6, 6.07) is 0. The fourth-order valence-corrected chi connectivity index (χ4v) is 1.83. The highest BCUT2D eigenvalue weighted by molar-refractivity contribution is 5.92. The lowest BCUT2D eigenvalue weighted by molar-refractivity contribution is -0.156. The molecule has 1 heterocycles. The summed E-state index contributed by atoms with van der Waals surface area (Å²) in [6.45, 7) is 3.55. The Balaban J connectivity index is 2.66. The van der Waals surface area contributed by atoms with E-state index in [9.17, 15) is 14.7 Å². The maximum Gasteiger partial charge on any atom is 0.317 e. The van der Waals surface area contributed by atoms with Gasteiger partial charge in [-0.1, -0.05) is 6.92 Å². The quantitative estimate of drug-likeness (QED) is 0.587. The first-order valence-electron chi connectivity index (χ1n) is 5.13. The Labute approximate surface area is 92.8 Å². The predicted octanol–water partition coefficient (Wildman–Crippen LogP) is -0.0538. The molecule has 1 unspecified atom stereocenters. The Kier molecular flexibility index (Phi) is 3.88. The summed E-state index contributed by atoms with van der Waals surface area (Å²) in [5.74, 6) is -4.46. The summed E-state index contributed by atoms with van der Waals surface area (Å²) in [7, 11) is 0. The lowest BCUT2D eigenvalue weighted by Gasteiger charge is -2.17. The van der Waals surface area contributed by atoms with Crippen LogP contribution in [0.4, 0.5) is 0 Å². The summed E-state index contributed by atoms with van der Waals surface area (Å²) in [4.78, 5) is 21.4. The highest BCUT2D eigenvalue weighted by Gasteiger charge is 2.42. The second-order valence-corrected chi connectivity index (χ2v) is 4.19. The van der Waals surface area contributed by atoms with E-state index in [-0.39, 0.29) is 18.4 Å². The Hall–Kier alpha value is -1.14. The van der Waals surface area contributed by atoms with Crippen LogP contribution in [-0.2, 0) is 14.3 Å². The average Bonchev–Trinajstić information content (AvgIpc) is 2.41. The van der Waals surface area contributed by atoms with E-state index < -0.39 is 30.1 Å². The van der Waals surface area contributed by atoms with E-state index in [1.165, 1.54) is 0 Å². The third kappa shape index (κ3) is 2.51. The monoisotopic (exact) mass is 232 g/mol. The SMILES string of the molecule is C[C@@H]1O[C@H](CC(C(=O)O)C(=O)O)C(O)[C@@H]1C. The fraction of sp³-hybridized carbons (Fsp3) is 0.800. The summed E-state index contributed by atoms with van der Waals surface area (Å²) >= 11 is 0. The van der Waals surface area contributed by atoms with Crippen LogP contribution in [0.15, 0.2) is 0 Å². The largest absolute Gasteiger partial charge is 0.481 e. The van der Waals surface area contributed by atoms with Gasteiger partial charge >= 0.3 is 11.9 Å². The molecule has 1 fully saturated rings. The van der Waals surface area contributed by atoms with Crippen LogP contribution in [0.3, 0.4) is 0 Å². The molecule has 0 radical (unpaired) electrons. The number of hydrogen-bond donors (Lipinski definition) is 3. The molecule has 0 aromatic heterocycles. The molecule has 1 aliphatic heterocycles. The van der Waals surface area contributed by atoms with Gasteiger partial charge in [0, 0.05) is 12.3 Å². The highest BCUT2D eigenvalue weighted by Crippen LogP contribution is 2.30. The topological polar surface area (TPSA) is 104 Å². The summed E-state index contributed by atoms with van der Waals surface area (Å²) in [5.41, 5.74) is 0. The maximum atomic E-state index is 10.7. The van der Waals surface area contributed by atoms with Crippen molar-refractivity contribution >= 4 is 11.9 Å². The van der Waals surface area contributed by atoms with E-state index in [0.717, 1.165) is 0 Å². The van der Waals surface area contributed by atoms with Gasteiger partial charge in [-0.25, -0.2) is 0 Å². The fourth-order valence-electron chi connectivity index (χ4n) is 1.83. The zero-order chi connectivity index (χ0) is 12.5. The van der Waals surface area contributed by atoms with Crippen molar-refractivity contribution in [3.63, 3.8) is 0 Å². The number of hydrogen-bond acceptors (Lipinski definition) is 4. The highest BCUT2D eigenvalue weighted by atomic mass is 16.5. The van der Waals surface area contributed by atoms with Crippen molar-refractivity contribution in [3.8, 4) is 0 Å². The molecule has 1 saturated heterocycles. The predicted molar refractivity (Wildman–Crippen MR) is 52.9 cm³/mol. The van der Waals surface area contributed by atoms with Crippen molar-refractivity contribution in [2.75, 3.05) is 0 Å².